The van der Waals surface area contributed by atoms with Gasteiger partial charge in [-0.05, 0) is 37.0 Å². The summed E-state index contributed by atoms with van der Waals surface area (Å²) in [6, 6.07) is 14.0. The Kier molecular flexibility index (Phi) is 7.78. The van der Waals surface area contributed by atoms with Gasteiger partial charge in [-0.3, -0.25) is 9.69 Å². The molecule has 1 heterocycles. The van der Waals surface area contributed by atoms with Gasteiger partial charge < -0.3 is 14.8 Å². The lowest BCUT2D eigenvalue weighted by molar-refractivity contribution is 0.0908. The van der Waals surface area contributed by atoms with Gasteiger partial charge in [0.1, 0.15) is 0 Å². The number of carbonyl (C=O) groups excluding carboxylic acids is 1. The molecule has 0 bridgehead atoms. The van der Waals surface area contributed by atoms with Gasteiger partial charge in [-0.25, -0.2) is 0 Å². The molecule has 1 amide bonds. The van der Waals surface area contributed by atoms with Crippen LogP contribution in [0.5, 0.6) is 11.5 Å². The SMILES string of the molecule is CCCOc1c(Cl)cc(C(=O)NC2CCN(Cc3ccccc3)CC2)cc1OC. The van der Waals surface area contributed by atoms with Gasteiger partial charge in [0.2, 0.25) is 0 Å². The second-order valence-electron chi connectivity index (χ2n) is 7.35. The van der Waals surface area contributed by atoms with E-state index in [4.69, 9.17) is 21.1 Å². The van der Waals surface area contributed by atoms with Gasteiger partial charge in [0.25, 0.3) is 5.91 Å². The third-order valence-electron chi connectivity index (χ3n) is 5.11. The second-order valence-corrected chi connectivity index (χ2v) is 7.75. The number of methoxy groups -OCH3 is 1. The van der Waals surface area contributed by atoms with Gasteiger partial charge in [0.15, 0.2) is 11.5 Å². The van der Waals surface area contributed by atoms with Crippen molar-refractivity contribution in [1.82, 2.24) is 10.2 Å². The van der Waals surface area contributed by atoms with Crippen LogP contribution in [0.4, 0.5) is 0 Å². The third kappa shape index (κ3) is 5.87. The monoisotopic (exact) mass is 416 g/mol. The molecule has 1 N–H and O–H groups in total. The van der Waals surface area contributed by atoms with Gasteiger partial charge in [-0.1, -0.05) is 48.9 Å². The van der Waals surface area contributed by atoms with E-state index in [9.17, 15) is 4.79 Å². The second kappa shape index (κ2) is 10.5. The molecule has 0 saturated carbocycles. The Labute approximate surface area is 177 Å². The Morgan fingerprint density at radius 3 is 2.59 bits per heavy atom. The van der Waals surface area contributed by atoms with Gasteiger partial charge in [-0.2, -0.15) is 0 Å². The highest BCUT2D eigenvalue weighted by Crippen LogP contribution is 2.36. The zero-order valence-electron chi connectivity index (χ0n) is 17.1. The summed E-state index contributed by atoms with van der Waals surface area (Å²) in [6.45, 7) is 5.45. The molecule has 0 aromatic heterocycles. The van der Waals surface area contributed by atoms with E-state index in [0.29, 0.717) is 28.7 Å². The molecular weight excluding hydrogens is 388 g/mol. The molecule has 0 aliphatic carbocycles. The molecule has 6 heteroatoms. The van der Waals surface area contributed by atoms with E-state index in [2.05, 4.69) is 34.5 Å². The minimum atomic E-state index is -0.131. The first-order valence-corrected chi connectivity index (χ1v) is 10.6. The number of nitrogens with zero attached hydrogens (tertiary/aromatic N) is 1. The van der Waals surface area contributed by atoms with Crippen LogP contribution in [-0.4, -0.2) is 43.7 Å². The Morgan fingerprint density at radius 2 is 1.93 bits per heavy atom. The summed E-state index contributed by atoms with van der Waals surface area (Å²) in [5, 5.41) is 3.53. The molecule has 29 heavy (non-hydrogen) atoms. The van der Waals surface area contributed by atoms with Crippen LogP contribution in [0.3, 0.4) is 0 Å². The predicted octanol–water partition coefficient (Wildman–Crippen LogP) is 4.53. The summed E-state index contributed by atoms with van der Waals surface area (Å²) in [4.78, 5) is 15.2. The normalized spacial score (nSPS) is 15.1. The zero-order valence-corrected chi connectivity index (χ0v) is 17.9. The molecule has 1 aliphatic heterocycles. The summed E-state index contributed by atoms with van der Waals surface area (Å²) >= 11 is 6.34. The highest BCUT2D eigenvalue weighted by atomic mass is 35.5. The van der Waals surface area contributed by atoms with E-state index >= 15 is 0 Å². The van der Waals surface area contributed by atoms with Crippen LogP contribution in [0.15, 0.2) is 42.5 Å². The molecule has 0 atom stereocenters. The van der Waals surface area contributed by atoms with Crippen molar-refractivity contribution in [3.05, 3.63) is 58.6 Å². The lowest BCUT2D eigenvalue weighted by Gasteiger charge is -2.32. The van der Waals surface area contributed by atoms with E-state index in [1.54, 1.807) is 19.2 Å². The largest absolute Gasteiger partial charge is 0.493 e. The average Bonchev–Trinajstić information content (AvgIpc) is 2.74. The number of likely N-dealkylation sites (tertiary alicyclic amines) is 1. The minimum absolute atomic E-state index is 0.131. The van der Waals surface area contributed by atoms with Gasteiger partial charge in [0, 0.05) is 31.2 Å². The van der Waals surface area contributed by atoms with E-state index in [-0.39, 0.29) is 11.9 Å². The van der Waals surface area contributed by atoms with Crippen molar-refractivity contribution in [3.63, 3.8) is 0 Å². The van der Waals surface area contributed by atoms with Crippen molar-refractivity contribution in [2.75, 3.05) is 26.8 Å². The fourth-order valence-electron chi connectivity index (χ4n) is 3.54. The quantitative estimate of drug-likeness (QED) is 0.686. The van der Waals surface area contributed by atoms with E-state index in [1.165, 1.54) is 5.56 Å². The van der Waals surface area contributed by atoms with Crippen molar-refractivity contribution < 1.29 is 14.3 Å². The Hall–Kier alpha value is -2.24. The minimum Gasteiger partial charge on any atom is -0.493 e. The average molecular weight is 417 g/mol. The summed E-state index contributed by atoms with van der Waals surface area (Å²) in [7, 11) is 1.55. The first-order chi connectivity index (χ1) is 14.1. The number of amides is 1. The number of benzene rings is 2. The van der Waals surface area contributed by atoms with E-state index < -0.39 is 0 Å². The van der Waals surface area contributed by atoms with Gasteiger partial charge >= 0.3 is 0 Å². The topological polar surface area (TPSA) is 50.8 Å². The highest BCUT2D eigenvalue weighted by molar-refractivity contribution is 6.32. The van der Waals surface area contributed by atoms with Gasteiger partial charge in [-0.15, -0.1) is 0 Å². The zero-order chi connectivity index (χ0) is 20.6. The van der Waals surface area contributed by atoms with Crippen LogP contribution in [0.1, 0.15) is 42.1 Å². The number of halogens is 1. The smallest absolute Gasteiger partial charge is 0.251 e. The summed E-state index contributed by atoms with van der Waals surface area (Å²) in [5.41, 5.74) is 1.81. The van der Waals surface area contributed by atoms with Crippen molar-refractivity contribution in [1.29, 1.82) is 0 Å². The molecule has 0 radical (unpaired) electrons. The number of hydrogen-bond acceptors (Lipinski definition) is 4. The fraction of sp³-hybridized carbons (Fsp3) is 0.435. The van der Waals surface area contributed by atoms with Crippen molar-refractivity contribution >= 4 is 17.5 Å². The molecule has 1 saturated heterocycles. The number of piperidine rings is 1. The lowest BCUT2D eigenvalue weighted by atomic mass is 10.0. The first kappa shape index (κ1) is 21.5. The number of carbonyl (C=O) groups is 1. The third-order valence-corrected chi connectivity index (χ3v) is 5.39. The molecule has 0 spiro atoms. The van der Waals surface area contributed by atoms with Crippen LogP contribution in [0.2, 0.25) is 5.02 Å². The fourth-order valence-corrected chi connectivity index (χ4v) is 3.81. The molecular formula is C23H29ClN2O3. The number of rotatable bonds is 8. The number of ether oxygens (including phenoxy) is 2. The molecule has 156 valence electrons. The van der Waals surface area contributed by atoms with Gasteiger partial charge in [0.05, 0.1) is 18.7 Å². The van der Waals surface area contributed by atoms with Crippen LogP contribution in [0.25, 0.3) is 0 Å². The van der Waals surface area contributed by atoms with E-state index in [1.807, 2.05) is 13.0 Å². The lowest BCUT2D eigenvalue weighted by Crippen LogP contribution is -2.44. The van der Waals surface area contributed by atoms with E-state index in [0.717, 1.165) is 38.9 Å². The van der Waals surface area contributed by atoms with Crippen LogP contribution >= 0.6 is 11.6 Å². The summed E-state index contributed by atoms with van der Waals surface area (Å²) < 4.78 is 11.0. The Bertz CT molecular complexity index is 805. The van der Waals surface area contributed by atoms with Crippen molar-refractivity contribution in [2.45, 2.75) is 38.8 Å². The first-order valence-electron chi connectivity index (χ1n) is 10.2. The summed E-state index contributed by atoms with van der Waals surface area (Å²) in [5.74, 6) is 0.837. The maximum atomic E-state index is 12.8. The molecule has 5 nitrogen and oxygen atoms in total. The molecule has 2 aromatic carbocycles. The molecule has 1 fully saturated rings. The van der Waals surface area contributed by atoms with Crippen molar-refractivity contribution in [3.8, 4) is 11.5 Å². The Morgan fingerprint density at radius 1 is 1.21 bits per heavy atom. The molecule has 1 aliphatic rings. The highest BCUT2D eigenvalue weighted by Gasteiger charge is 2.22. The maximum absolute atomic E-state index is 12.8. The van der Waals surface area contributed by atoms with Crippen LogP contribution in [0, 0.1) is 0 Å². The molecule has 2 aromatic rings. The summed E-state index contributed by atoms with van der Waals surface area (Å²) in [6.07, 6.45) is 2.73. The standard InChI is InChI=1S/C23H29ClN2O3/c1-3-13-29-22-20(24)14-18(15-21(22)28-2)23(27)25-19-9-11-26(12-10-19)16-17-7-5-4-6-8-17/h4-8,14-15,19H,3,9-13,16H2,1-2H3,(H,25,27). The molecule has 3 rings (SSSR count). The Balaban J connectivity index is 1.56. The number of nitrogens with one attached hydrogen (secondary N) is 1. The van der Waals surface area contributed by atoms with Crippen molar-refractivity contribution in [2.24, 2.45) is 0 Å². The van der Waals surface area contributed by atoms with Crippen LogP contribution < -0.4 is 14.8 Å². The van der Waals surface area contributed by atoms with Crippen LogP contribution in [-0.2, 0) is 6.54 Å². The molecule has 0 unspecified atom stereocenters. The maximum Gasteiger partial charge on any atom is 0.251 e. The predicted molar refractivity (Wildman–Crippen MR) is 116 cm³/mol. The number of hydrogen-bond donors (Lipinski definition) is 1.